The fraction of sp³-hybridized carbons (Fsp3) is 0.467. The molecule has 1 fully saturated rings. The van der Waals surface area contributed by atoms with Gasteiger partial charge in [0.2, 0.25) is 0 Å². The fourth-order valence-corrected chi connectivity index (χ4v) is 2.56. The molecule has 1 heterocycles. The Kier molecular flexibility index (Phi) is 4.88. The minimum absolute atomic E-state index is 0.137. The summed E-state index contributed by atoms with van der Waals surface area (Å²) in [5.41, 5.74) is 0.137. The average molecular weight is 297 g/mol. The molecule has 4 nitrogen and oxygen atoms in total. The summed E-state index contributed by atoms with van der Waals surface area (Å²) in [4.78, 5) is 24.3. The summed E-state index contributed by atoms with van der Waals surface area (Å²) in [6.07, 6.45) is 2.23. The Bertz CT molecular complexity index is 540. The van der Waals surface area contributed by atoms with Crippen LogP contribution in [0.1, 0.15) is 36.0 Å². The van der Waals surface area contributed by atoms with Gasteiger partial charge in [0.05, 0.1) is 0 Å². The first-order valence-electron chi connectivity index (χ1n) is 6.93. The van der Waals surface area contributed by atoms with Crippen molar-refractivity contribution in [1.82, 2.24) is 4.90 Å². The zero-order chi connectivity index (χ0) is 15.4. The summed E-state index contributed by atoms with van der Waals surface area (Å²) in [6, 6.07) is 3.13. The molecule has 1 aromatic carbocycles. The number of halogens is 2. The molecule has 0 unspecified atom stereocenters. The van der Waals surface area contributed by atoms with Crippen molar-refractivity contribution in [2.24, 2.45) is 5.92 Å². The van der Waals surface area contributed by atoms with Crippen molar-refractivity contribution in [3.8, 4) is 0 Å². The molecule has 1 saturated heterocycles. The van der Waals surface area contributed by atoms with Crippen LogP contribution in [0.3, 0.4) is 0 Å². The van der Waals surface area contributed by atoms with Gasteiger partial charge in [0.25, 0.3) is 5.91 Å². The molecule has 1 N–H and O–H groups in total. The maximum atomic E-state index is 13.1. The van der Waals surface area contributed by atoms with Crippen molar-refractivity contribution >= 4 is 11.9 Å². The average Bonchev–Trinajstić information content (AvgIpc) is 2.48. The van der Waals surface area contributed by atoms with Crippen molar-refractivity contribution < 1.29 is 23.5 Å². The lowest BCUT2D eigenvalue weighted by molar-refractivity contribution is -0.137. The number of rotatable bonds is 4. The number of carboxylic acid groups (broad SMARTS) is 1. The molecule has 1 aromatic rings. The smallest absolute Gasteiger partial charge is 0.303 e. The van der Waals surface area contributed by atoms with E-state index in [2.05, 4.69) is 0 Å². The van der Waals surface area contributed by atoms with Gasteiger partial charge in [-0.15, -0.1) is 0 Å². The van der Waals surface area contributed by atoms with E-state index in [1.54, 1.807) is 4.90 Å². The number of nitrogens with zero attached hydrogens (tertiary/aromatic N) is 1. The number of hydrogen-bond acceptors (Lipinski definition) is 2. The fourth-order valence-electron chi connectivity index (χ4n) is 2.56. The lowest BCUT2D eigenvalue weighted by Crippen LogP contribution is -2.38. The molecule has 1 amide bonds. The Labute approximate surface area is 121 Å². The van der Waals surface area contributed by atoms with Crippen LogP contribution in [0.4, 0.5) is 8.78 Å². The second-order valence-electron chi connectivity index (χ2n) is 5.30. The Hall–Kier alpha value is -1.98. The summed E-state index contributed by atoms with van der Waals surface area (Å²) in [5.74, 6) is -2.83. The summed E-state index contributed by atoms with van der Waals surface area (Å²) in [5, 5.41) is 8.65. The molecule has 21 heavy (non-hydrogen) atoms. The zero-order valence-electron chi connectivity index (χ0n) is 11.5. The van der Waals surface area contributed by atoms with Gasteiger partial charge in [-0.25, -0.2) is 8.78 Å². The molecule has 0 spiro atoms. The quantitative estimate of drug-likeness (QED) is 0.929. The molecule has 0 aromatic heterocycles. The third kappa shape index (κ3) is 4.00. The van der Waals surface area contributed by atoms with E-state index in [0.29, 0.717) is 25.4 Å². The molecule has 114 valence electrons. The van der Waals surface area contributed by atoms with Gasteiger partial charge < -0.3 is 10.0 Å². The third-order valence-electron chi connectivity index (χ3n) is 3.83. The van der Waals surface area contributed by atoms with Gasteiger partial charge in [0.15, 0.2) is 11.6 Å². The third-order valence-corrected chi connectivity index (χ3v) is 3.83. The summed E-state index contributed by atoms with van der Waals surface area (Å²) in [7, 11) is 0. The number of aliphatic carboxylic acids is 1. The normalized spacial score (nSPS) is 16.0. The van der Waals surface area contributed by atoms with Crippen LogP contribution < -0.4 is 0 Å². The zero-order valence-corrected chi connectivity index (χ0v) is 11.5. The van der Waals surface area contributed by atoms with E-state index >= 15 is 0 Å². The number of hydrogen-bond donors (Lipinski definition) is 1. The maximum Gasteiger partial charge on any atom is 0.303 e. The number of piperidine rings is 1. The second-order valence-corrected chi connectivity index (χ2v) is 5.30. The van der Waals surface area contributed by atoms with Gasteiger partial charge in [-0.1, -0.05) is 0 Å². The highest BCUT2D eigenvalue weighted by atomic mass is 19.2. The molecule has 1 aliphatic heterocycles. The lowest BCUT2D eigenvalue weighted by Gasteiger charge is -2.32. The molecular formula is C15H17F2NO3. The lowest BCUT2D eigenvalue weighted by atomic mass is 9.92. The summed E-state index contributed by atoms with van der Waals surface area (Å²) in [6.45, 7) is 1.03. The number of carbonyl (C=O) groups excluding carboxylic acids is 1. The summed E-state index contributed by atoms with van der Waals surface area (Å²) >= 11 is 0. The van der Waals surface area contributed by atoms with Crippen LogP contribution in [0.2, 0.25) is 0 Å². The second kappa shape index (κ2) is 6.65. The number of carbonyl (C=O) groups is 2. The maximum absolute atomic E-state index is 13.1. The van der Waals surface area contributed by atoms with E-state index < -0.39 is 17.6 Å². The Morgan fingerprint density at radius 3 is 2.43 bits per heavy atom. The van der Waals surface area contributed by atoms with Gasteiger partial charge in [-0.2, -0.15) is 0 Å². The molecule has 0 aliphatic carbocycles. The first-order chi connectivity index (χ1) is 9.97. The van der Waals surface area contributed by atoms with E-state index in [9.17, 15) is 18.4 Å². The van der Waals surface area contributed by atoms with Crippen LogP contribution in [0.25, 0.3) is 0 Å². The van der Waals surface area contributed by atoms with E-state index in [1.165, 1.54) is 6.07 Å². The van der Waals surface area contributed by atoms with Gasteiger partial charge in [0.1, 0.15) is 0 Å². The van der Waals surface area contributed by atoms with E-state index in [0.717, 1.165) is 25.0 Å². The molecule has 2 rings (SSSR count). The van der Waals surface area contributed by atoms with E-state index in [4.69, 9.17) is 5.11 Å². The highest BCUT2D eigenvalue weighted by Gasteiger charge is 2.24. The monoisotopic (exact) mass is 297 g/mol. The predicted molar refractivity (Wildman–Crippen MR) is 71.9 cm³/mol. The van der Waals surface area contributed by atoms with Crippen LogP contribution in [0.15, 0.2) is 18.2 Å². The van der Waals surface area contributed by atoms with Crippen LogP contribution >= 0.6 is 0 Å². The Morgan fingerprint density at radius 2 is 1.86 bits per heavy atom. The topological polar surface area (TPSA) is 57.6 Å². The number of carboxylic acids is 1. The molecule has 6 heteroatoms. The SMILES string of the molecule is O=C(O)CCC1CCN(C(=O)c2ccc(F)c(F)c2)CC1. The number of likely N-dealkylation sites (tertiary alicyclic amines) is 1. The van der Waals surface area contributed by atoms with Gasteiger partial charge in [-0.3, -0.25) is 9.59 Å². The molecule has 0 radical (unpaired) electrons. The van der Waals surface area contributed by atoms with Crippen LogP contribution in [0, 0.1) is 17.6 Å². The first kappa shape index (κ1) is 15.4. The summed E-state index contributed by atoms with van der Waals surface area (Å²) < 4.78 is 26.0. The van der Waals surface area contributed by atoms with Crippen molar-refractivity contribution in [2.75, 3.05) is 13.1 Å². The molecule has 0 atom stereocenters. The van der Waals surface area contributed by atoms with Crippen LogP contribution in [-0.2, 0) is 4.79 Å². The minimum atomic E-state index is -1.03. The minimum Gasteiger partial charge on any atom is -0.481 e. The van der Waals surface area contributed by atoms with Crippen LogP contribution in [-0.4, -0.2) is 35.0 Å². The van der Waals surface area contributed by atoms with Crippen LogP contribution in [0.5, 0.6) is 0 Å². The predicted octanol–water partition coefficient (Wildman–Crippen LogP) is 2.68. The number of amides is 1. The molecular weight excluding hydrogens is 280 g/mol. The van der Waals surface area contributed by atoms with Crippen molar-refractivity contribution in [1.29, 1.82) is 0 Å². The number of benzene rings is 1. The highest BCUT2D eigenvalue weighted by Crippen LogP contribution is 2.23. The molecule has 1 aliphatic rings. The standard InChI is InChI=1S/C15H17F2NO3/c16-12-3-2-11(9-13(12)17)15(21)18-7-5-10(6-8-18)1-4-14(19)20/h2-3,9-10H,1,4-8H2,(H,19,20). The van der Waals surface area contributed by atoms with Crippen molar-refractivity contribution in [2.45, 2.75) is 25.7 Å². The van der Waals surface area contributed by atoms with E-state index in [-0.39, 0.29) is 17.9 Å². The van der Waals surface area contributed by atoms with E-state index in [1.807, 2.05) is 0 Å². The van der Waals surface area contributed by atoms with Crippen molar-refractivity contribution in [3.63, 3.8) is 0 Å². The Morgan fingerprint density at radius 1 is 1.19 bits per heavy atom. The largest absolute Gasteiger partial charge is 0.481 e. The van der Waals surface area contributed by atoms with Gasteiger partial charge in [0, 0.05) is 25.1 Å². The first-order valence-corrected chi connectivity index (χ1v) is 6.93. The Balaban J connectivity index is 1.90. The van der Waals surface area contributed by atoms with Gasteiger partial charge in [-0.05, 0) is 43.4 Å². The van der Waals surface area contributed by atoms with Gasteiger partial charge >= 0.3 is 5.97 Å². The van der Waals surface area contributed by atoms with Crippen molar-refractivity contribution in [3.05, 3.63) is 35.4 Å². The highest BCUT2D eigenvalue weighted by molar-refractivity contribution is 5.94. The molecule has 0 bridgehead atoms. The molecule has 0 saturated carbocycles.